The summed E-state index contributed by atoms with van der Waals surface area (Å²) in [6.45, 7) is 0.412. The lowest BCUT2D eigenvalue weighted by atomic mass is 10.1. The van der Waals surface area contributed by atoms with E-state index in [1.165, 1.54) is 12.5 Å². The van der Waals surface area contributed by atoms with Crippen molar-refractivity contribution < 1.29 is 19.0 Å². The molecule has 7 heteroatoms. The second-order valence-electron chi connectivity index (χ2n) is 7.38. The number of halogens is 1. The minimum Gasteiger partial charge on any atom is -0.496 e. The molecule has 34 heavy (non-hydrogen) atoms. The molecule has 0 saturated carbocycles. The zero-order valence-corrected chi connectivity index (χ0v) is 20.3. The summed E-state index contributed by atoms with van der Waals surface area (Å²) < 4.78 is 17.6. The number of benzene rings is 4. The molecule has 0 aromatic heterocycles. The normalized spacial score (nSPS) is 10.9. The Morgan fingerprint density at radius 3 is 2.50 bits per heavy atom. The van der Waals surface area contributed by atoms with Crippen LogP contribution in [0.5, 0.6) is 17.2 Å². The highest BCUT2D eigenvalue weighted by Gasteiger charge is 2.12. The standard InChI is InChI=1S/C27H23BrN2O4/c1-32-24-13-11-21(28)15-23(24)27(31)30-29-16-18-10-12-25(26(14-18)33-2)34-17-20-8-5-7-19-6-3-4-9-22(19)20/h3-16H,17H2,1-2H3,(H,30,31)/b29-16-. The first-order valence-corrected chi connectivity index (χ1v) is 11.3. The van der Waals surface area contributed by atoms with Gasteiger partial charge in [0, 0.05) is 4.47 Å². The smallest absolute Gasteiger partial charge is 0.275 e. The summed E-state index contributed by atoms with van der Waals surface area (Å²) in [6, 6.07) is 25.0. The highest BCUT2D eigenvalue weighted by atomic mass is 79.9. The zero-order valence-electron chi connectivity index (χ0n) is 18.7. The molecule has 4 aromatic rings. The molecule has 0 bridgehead atoms. The van der Waals surface area contributed by atoms with Gasteiger partial charge in [-0.05, 0) is 58.3 Å². The van der Waals surface area contributed by atoms with Gasteiger partial charge < -0.3 is 14.2 Å². The molecule has 172 valence electrons. The summed E-state index contributed by atoms with van der Waals surface area (Å²) in [4.78, 5) is 12.5. The number of carbonyl (C=O) groups excluding carboxylic acids is 1. The second-order valence-corrected chi connectivity index (χ2v) is 8.30. The maximum Gasteiger partial charge on any atom is 0.275 e. The maximum absolute atomic E-state index is 12.5. The highest BCUT2D eigenvalue weighted by Crippen LogP contribution is 2.29. The molecule has 1 N–H and O–H groups in total. The Labute approximate surface area is 206 Å². The molecule has 0 unspecified atom stereocenters. The van der Waals surface area contributed by atoms with Gasteiger partial charge in [0.05, 0.1) is 26.0 Å². The zero-order chi connectivity index (χ0) is 23.9. The SMILES string of the molecule is COc1cc(/C=N\NC(=O)c2cc(Br)ccc2OC)ccc1OCc1cccc2ccccc12. The Morgan fingerprint density at radius 1 is 0.912 bits per heavy atom. The van der Waals surface area contributed by atoms with E-state index >= 15 is 0 Å². The Balaban J connectivity index is 1.44. The lowest BCUT2D eigenvalue weighted by molar-refractivity contribution is 0.0952. The van der Waals surface area contributed by atoms with Crippen LogP contribution in [0.2, 0.25) is 0 Å². The van der Waals surface area contributed by atoms with Gasteiger partial charge in [0.15, 0.2) is 11.5 Å². The van der Waals surface area contributed by atoms with E-state index in [0.717, 1.165) is 21.0 Å². The van der Waals surface area contributed by atoms with Crippen LogP contribution in [0, 0.1) is 0 Å². The van der Waals surface area contributed by atoms with Crippen molar-refractivity contribution in [3.63, 3.8) is 0 Å². The van der Waals surface area contributed by atoms with Crippen LogP contribution in [0.15, 0.2) is 88.4 Å². The molecule has 4 rings (SSSR count). The van der Waals surface area contributed by atoms with Crippen molar-refractivity contribution in [1.29, 1.82) is 0 Å². The monoisotopic (exact) mass is 518 g/mol. The number of methoxy groups -OCH3 is 2. The summed E-state index contributed by atoms with van der Waals surface area (Å²) in [5.41, 5.74) is 4.74. The summed E-state index contributed by atoms with van der Waals surface area (Å²) in [6.07, 6.45) is 1.54. The number of nitrogens with zero attached hydrogens (tertiary/aromatic N) is 1. The van der Waals surface area contributed by atoms with Gasteiger partial charge in [-0.1, -0.05) is 58.4 Å². The largest absolute Gasteiger partial charge is 0.496 e. The first kappa shape index (κ1) is 23.3. The first-order valence-electron chi connectivity index (χ1n) is 10.5. The number of hydrogen-bond acceptors (Lipinski definition) is 5. The molecular weight excluding hydrogens is 496 g/mol. The lowest BCUT2D eigenvalue weighted by Crippen LogP contribution is -2.18. The number of hydrogen-bond donors (Lipinski definition) is 1. The van der Waals surface area contributed by atoms with E-state index < -0.39 is 0 Å². The van der Waals surface area contributed by atoms with Gasteiger partial charge >= 0.3 is 0 Å². The lowest BCUT2D eigenvalue weighted by Gasteiger charge is -2.12. The van der Waals surface area contributed by atoms with Crippen LogP contribution in [-0.2, 0) is 6.61 Å². The van der Waals surface area contributed by atoms with Crippen LogP contribution >= 0.6 is 15.9 Å². The Hall–Kier alpha value is -3.84. The Bertz CT molecular complexity index is 1350. The van der Waals surface area contributed by atoms with Gasteiger partial charge in [-0.25, -0.2) is 5.43 Å². The minimum absolute atomic E-state index is 0.378. The molecule has 0 aliphatic rings. The van der Waals surface area contributed by atoms with Gasteiger partial charge in [0.2, 0.25) is 0 Å². The van der Waals surface area contributed by atoms with Gasteiger partial charge in [0.25, 0.3) is 5.91 Å². The molecule has 0 spiro atoms. The van der Waals surface area contributed by atoms with Crippen LogP contribution in [-0.4, -0.2) is 26.3 Å². The number of rotatable bonds is 8. The van der Waals surface area contributed by atoms with Gasteiger partial charge in [-0.2, -0.15) is 5.10 Å². The Morgan fingerprint density at radius 2 is 1.68 bits per heavy atom. The molecule has 0 heterocycles. The molecule has 4 aromatic carbocycles. The van der Waals surface area contributed by atoms with Crippen LogP contribution in [0.3, 0.4) is 0 Å². The second kappa shape index (κ2) is 10.9. The number of fused-ring (bicyclic) bond motifs is 1. The van der Waals surface area contributed by atoms with E-state index in [2.05, 4.69) is 50.7 Å². The van der Waals surface area contributed by atoms with Crippen molar-refractivity contribution >= 4 is 38.8 Å². The van der Waals surface area contributed by atoms with Crippen LogP contribution in [0.4, 0.5) is 0 Å². The predicted molar refractivity (Wildman–Crippen MR) is 137 cm³/mol. The highest BCUT2D eigenvalue weighted by molar-refractivity contribution is 9.10. The number of hydrazone groups is 1. The first-order chi connectivity index (χ1) is 16.6. The third-order valence-electron chi connectivity index (χ3n) is 5.24. The average molecular weight is 519 g/mol. The third-order valence-corrected chi connectivity index (χ3v) is 5.73. The summed E-state index contributed by atoms with van der Waals surface area (Å²) in [7, 11) is 3.10. The van der Waals surface area contributed by atoms with E-state index in [4.69, 9.17) is 14.2 Å². The fraction of sp³-hybridized carbons (Fsp3) is 0.111. The summed E-state index contributed by atoms with van der Waals surface area (Å²) >= 11 is 3.36. The molecule has 0 atom stereocenters. The molecule has 0 aliphatic carbocycles. The molecule has 0 saturated heterocycles. The number of nitrogens with one attached hydrogen (secondary N) is 1. The summed E-state index contributed by atoms with van der Waals surface area (Å²) in [5.74, 6) is 1.28. The minimum atomic E-state index is -0.378. The predicted octanol–water partition coefficient (Wildman–Crippen LogP) is 5.96. The van der Waals surface area contributed by atoms with Gasteiger partial charge in [-0.3, -0.25) is 4.79 Å². The maximum atomic E-state index is 12.5. The molecule has 0 radical (unpaired) electrons. The van der Waals surface area contributed by atoms with E-state index in [9.17, 15) is 4.79 Å². The van der Waals surface area contributed by atoms with Crippen molar-refractivity contribution in [2.75, 3.05) is 14.2 Å². The fourth-order valence-corrected chi connectivity index (χ4v) is 3.90. The molecule has 0 aliphatic heterocycles. The van der Waals surface area contributed by atoms with Crippen molar-refractivity contribution in [3.05, 3.63) is 100 Å². The quantitative estimate of drug-likeness (QED) is 0.230. The number of carbonyl (C=O) groups is 1. The summed E-state index contributed by atoms with van der Waals surface area (Å²) in [5, 5.41) is 6.39. The molecule has 0 fully saturated rings. The molecule has 1 amide bonds. The number of amides is 1. The van der Waals surface area contributed by atoms with E-state index in [-0.39, 0.29) is 5.91 Å². The van der Waals surface area contributed by atoms with Crippen molar-refractivity contribution in [1.82, 2.24) is 5.43 Å². The van der Waals surface area contributed by atoms with E-state index in [1.807, 2.05) is 30.3 Å². The fourth-order valence-electron chi connectivity index (χ4n) is 3.54. The molecule has 6 nitrogen and oxygen atoms in total. The van der Waals surface area contributed by atoms with E-state index in [0.29, 0.717) is 29.4 Å². The van der Waals surface area contributed by atoms with Crippen LogP contribution in [0.1, 0.15) is 21.5 Å². The molecular formula is C27H23BrN2O4. The topological polar surface area (TPSA) is 69.2 Å². The Kier molecular flexibility index (Phi) is 7.44. The van der Waals surface area contributed by atoms with Crippen LogP contribution < -0.4 is 19.6 Å². The van der Waals surface area contributed by atoms with Gasteiger partial charge in [-0.15, -0.1) is 0 Å². The van der Waals surface area contributed by atoms with E-state index in [1.54, 1.807) is 37.6 Å². The third kappa shape index (κ3) is 5.38. The van der Waals surface area contributed by atoms with Gasteiger partial charge in [0.1, 0.15) is 12.4 Å². The number of ether oxygens (including phenoxy) is 3. The van der Waals surface area contributed by atoms with Crippen molar-refractivity contribution in [2.45, 2.75) is 6.61 Å². The van der Waals surface area contributed by atoms with Crippen molar-refractivity contribution in [2.24, 2.45) is 5.10 Å². The van der Waals surface area contributed by atoms with Crippen LogP contribution in [0.25, 0.3) is 10.8 Å². The van der Waals surface area contributed by atoms with Crippen molar-refractivity contribution in [3.8, 4) is 17.2 Å². The average Bonchev–Trinajstić information content (AvgIpc) is 2.87.